The average molecular weight is 679 g/mol. The summed E-state index contributed by atoms with van der Waals surface area (Å²) in [4.78, 5) is 0. The van der Waals surface area contributed by atoms with Crippen molar-refractivity contribution in [2.24, 2.45) is 5.92 Å². The molecule has 254 valence electrons. The zero-order chi connectivity index (χ0) is 34.6. The van der Waals surface area contributed by atoms with Crippen LogP contribution in [0.3, 0.4) is 0 Å². The van der Waals surface area contributed by atoms with E-state index in [1.54, 1.807) is 6.07 Å². The second kappa shape index (κ2) is 14.9. The Morgan fingerprint density at radius 3 is 1.90 bits per heavy atom. The maximum atomic E-state index is 15.1. The van der Waals surface area contributed by atoms with E-state index < -0.39 is 69.3 Å². The summed E-state index contributed by atoms with van der Waals surface area (Å²) in [6.45, 7) is 2.73. The largest absolute Gasteiger partial charge is 0.429 e. The number of ether oxygens (including phenoxy) is 2. The van der Waals surface area contributed by atoms with Crippen molar-refractivity contribution in [2.75, 3.05) is 6.61 Å². The third kappa shape index (κ3) is 8.24. The Balaban J connectivity index is 1.26. The van der Waals surface area contributed by atoms with Gasteiger partial charge in [-0.25, -0.2) is 30.7 Å². The first-order valence-corrected chi connectivity index (χ1v) is 15.5. The maximum absolute atomic E-state index is 15.1. The quantitative estimate of drug-likeness (QED) is 0.0893. The summed E-state index contributed by atoms with van der Waals surface area (Å²) >= 11 is 0. The van der Waals surface area contributed by atoms with Crippen molar-refractivity contribution in [3.8, 4) is 28.0 Å². The van der Waals surface area contributed by atoms with E-state index in [4.69, 9.17) is 4.74 Å². The molecule has 0 bridgehead atoms. The maximum Gasteiger partial charge on any atom is 0.419 e. The van der Waals surface area contributed by atoms with Gasteiger partial charge in [0.05, 0.1) is 12.7 Å². The summed E-state index contributed by atoms with van der Waals surface area (Å²) in [5.74, 6) is -9.62. The van der Waals surface area contributed by atoms with E-state index in [9.17, 15) is 35.1 Å². The smallest absolute Gasteiger partial charge is 0.419 e. The van der Waals surface area contributed by atoms with E-state index >= 15 is 4.39 Å². The molecule has 0 N–H and O–H groups in total. The van der Waals surface area contributed by atoms with Crippen molar-refractivity contribution >= 4 is 6.08 Å². The third-order valence-electron chi connectivity index (χ3n) is 8.27. The Bertz CT molecular complexity index is 1750. The van der Waals surface area contributed by atoms with E-state index in [2.05, 4.69) is 11.7 Å². The third-order valence-corrected chi connectivity index (χ3v) is 8.27. The van der Waals surface area contributed by atoms with Gasteiger partial charge in [-0.1, -0.05) is 38.3 Å². The van der Waals surface area contributed by atoms with Crippen LogP contribution in [0, 0.1) is 46.6 Å². The van der Waals surface area contributed by atoms with Gasteiger partial charge in [0, 0.05) is 28.8 Å². The first kappa shape index (κ1) is 35.1. The molecule has 1 saturated heterocycles. The van der Waals surface area contributed by atoms with E-state index in [-0.39, 0.29) is 23.3 Å². The molecule has 1 aliphatic rings. The molecule has 1 heterocycles. The number of unbranched alkanes of at least 4 members (excludes halogenated alkanes) is 2. The lowest BCUT2D eigenvalue weighted by Gasteiger charge is -2.29. The number of alkyl halides is 2. The summed E-state index contributed by atoms with van der Waals surface area (Å²) in [5, 5.41) is 0. The van der Waals surface area contributed by atoms with Crippen LogP contribution < -0.4 is 4.74 Å². The molecule has 5 rings (SSSR count). The number of benzene rings is 4. The highest BCUT2D eigenvalue weighted by Gasteiger charge is 2.29. The lowest BCUT2D eigenvalue weighted by atomic mass is 9.90. The standard InChI is InChI=1S/C37H31F9O2/c1-2-3-4-5-21-6-11-35(47-20-21)22-7-9-26(29(38)14-22)23-15-30(39)28(31(40)16-23)12-13-37(45,46)48-25-8-10-27(32(41)19-25)24-17-33(42)36(44)34(43)18-24/h7-10,12-19,21,35H,2-6,11,20H2,1H3. The van der Waals surface area contributed by atoms with Gasteiger partial charge in [-0.15, -0.1) is 0 Å². The molecule has 0 amide bonds. The van der Waals surface area contributed by atoms with E-state index in [0.29, 0.717) is 42.4 Å². The summed E-state index contributed by atoms with van der Waals surface area (Å²) in [7, 11) is 0. The molecule has 48 heavy (non-hydrogen) atoms. The number of rotatable bonds is 11. The Morgan fingerprint density at radius 2 is 1.33 bits per heavy atom. The van der Waals surface area contributed by atoms with Gasteiger partial charge in [0.1, 0.15) is 29.0 Å². The van der Waals surface area contributed by atoms with Crippen LogP contribution in [0.5, 0.6) is 5.75 Å². The van der Waals surface area contributed by atoms with E-state index in [0.717, 1.165) is 56.4 Å². The molecular formula is C37H31F9O2. The van der Waals surface area contributed by atoms with Crippen LogP contribution in [0.4, 0.5) is 39.5 Å². The minimum Gasteiger partial charge on any atom is -0.429 e. The molecule has 0 spiro atoms. The topological polar surface area (TPSA) is 18.5 Å². The van der Waals surface area contributed by atoms with Crippen molar-refractivity contribution < 1.29 is 49.0 Å². The van der Waals surface area contributed by atoms with Crippen molar-refractivity contribution in [3.63, 3.8) is 0 Å². The summed E-state index contributed by atoms with van der Waals surface area (Å²) < 4.78 is 140. The SMILES string of the molecule is CCCCCC1CCC(c2ccc(-c3cc(F)c(C=CC(F)(F)Oc4ccc(-c5cc(F)c(F)c(F)c5)c(F)c4)c(F)c3)c(F)c2)OC1. The summed E-state index contributed by atoms with van der Waals surface area (Å²) in [6.07, 6.45) is 2.20. The van der Waals surface area contributed by atoms with Gasteiger partial charge < -0.3 is 9.47 Å². The van der Waals surface area contributed by atoms with Gasteiger partial charge in [-0.3, -0.25) is 0 Å². The Kier molecular flexibility index (Phi) is 10.9. The fourth-order valence-corrected chi connectivity index (χ4v) is 5.72. The number of halogens is 9. The fourth-order valence-electron chi connectivity index (χ4n) is 5.72. The van der Waals surface area contributed by atoms with Gasteiger partial charge in [0.2, 0.25) is 0 Å². The van der Waals surface area contributed by atoms with Gasteiger partial charge in [-0.05, 0) is 90.4 Å². The predicted molar refractivity (Wildman–Crippen MR) is 164 cm³/mol. The Morgan fingerprint density at radius 1 is 0.729 bits per heavy atom. The van der Waals surface area contributed by atoms with Crippen molar-refractivity contribution in [2.45, 2.75) is 57.7 Å². The molecule has 2 atom stereocenters. The highest BCUT2D eigenvalue weighted by molar-refractivity contribution is 5.68. The van der Waals surface area contributed by atoms with Crippen molar-refractivity contribution in [3.05, 3.63) is 119 Å². The normalized spacial score (nSPS) is 16.9. The molecule has 1 aliphatic heterocycles. The van der Waals surface area contributed by atoms with Crippen LogP contribution in [0.2, 0.25) is 0 Å². The lowest BCUT2D eigenvalue weighted by Crippen LogP contribution is -2.21. The molecule has 2 unspecified atom stereocenters. The first-order valence-electron chi connectivity index (χ1n) is 15.5. The molecule has 0 saturated carbocycles. The molecule has 2 nitrogen and oxygen atoms in total. The monoisotopic (exact) mass is 678 g/mol. The van der Waals surface area contributed by atoms with Crippen LogP contribution in [0.25, 0.3) is 28.3 Å². The van der Waals surface area contributed by atoms with Crippen LogP contribution in [-0.4, -0.2) is 12.7 Å². The average Bonchev–Trinajstić information content (AvgIpc) is 3.03. The van der Waals surface area contributed by atoms with Gasteiger partial charge in [-0.2, -0.15) is 8.78 Å². The molecule has 0 radical (unpaired) electrons. The molecular weight excluding hydrogens is 647 g/mol. The molecule has 4 aromatic rings. The number of hydrogen-bond donors (Lipinski definition) is 0. The highest BCUT2D eigenvalue weighted by atomic mass is 19.3. The van der Waals surface area contributed by atoms with Crippen LogP contribution in [0.1, 0.15) is 62.7 Å². The zero-order valence-corrected chi connectivity index (χ0v) is 25.8. The second-order valence-electron chi connectivity index (χ2n) is 11.7. The Labute approximate surface area is 271 Å². The molecule has 0 aliphatic carbocycles. The first-order chi connectivity index (χ1) is 22.8. The summed E-state index contributed by atoms with van der Waals surface area (Å²) in [6, 6.07) is 9.22. The highest BCUT2D eigenvalue weighted by Crippen LogP contribution is 2.36. The van der Waals surface area contributed by atoms with E-state index in [1.807, 2.05) is 0 Å². The zero-order valence-electron chi connectivity index (χ0n) is 25.8. The molecule has 4 aromatic carbocycles. The second-order valence-corrected chi connectivity index (χ2v) is 11.7. The fraction of sp³-hybridized carbons (Fsp3) is 0.297. The molecule has 0 aromatic heterocycles. The number of hydrogen-bond acceptors (Lipinski definition) is 2. The van der Waals surface area contributed by atoms with Crippen molar-refractivity contribution in [1.29, 1.82) is 0 Å². The van der Waals surface area contributed by atoms with Crippen LogP contribution in [-0.2, 0) is 4.74 Å². The summed E-state index contributed by atoms with van der Waals surface area (Å²) in [5.41, 5.74) is -1.31. The van der Waals surface area contributed by atoms with E-state index in [1.165, 1.54) is 18.6 Å². The van der Waals surface area contributed by atoms with Crippen LogP contribution in [0.15, 0.2) is 66.7 Å². The minimum absolute atomic E-state index is 0.0403. The Hall–Kier alpha value is -4.25. The van der Waals surface area contributed by atoms with Crippen LogP contribution >= 0.6 is 0 Å². The van der Waals surface area contributed by atoms with Crippen molar-refractivity contribution in [1.82, 2.24) is 0 Å². The lowest BCUT2D eigenvalue weighted by molar-refractivity contribution is -0.131. The van der Waals surface area contributed by atoms with Gasteiger partial charge >= 0.3 is 6.11 Å². The minimum atomic E-state index is -4.20. The molecule has 1 fully saturated rings. The van der Waals surface area contributed by atoms with Gasteiger partial charge in [0.15, 0.2) is 17.5 Å². The molecule has 11 heteroatoms. The predicted octanol–water partition coefficient (Wildman–Crippen LogP) is 11.7. The van der Waals surface area contributed by atoms with Gasteiger partial charge in [0.25, 0.3) is 0 Å².